The van der Waals surface area contributed by atoms with Crippen LogP contribution in [0, 0.1) is 0 Å². The van der Waals surface area contributed by atoms with Gasteiger partial charge in [0.15, 0.2) is 0 Å². The van der Waals surface area contributed by atoms with Gasteiger partial charge in [-0.05, 0) is 39.0 Å². The van der Waals surface area contributed by atoms with E-state index in [0.29, 0.717) is 16.9 Å². The second kappa shape index (κ2) is 4.40. The first-order valence-corrected chi connectivity index (χ1v) is 7.69. The quantitative estimate of drug-likeness (QED) is 0.800. The number of halogens is 1. The highest BCUT2D eigenvalue weighted by atomic mass is 35.5. The second-order valence-corrected chi connectivity index (χ2v) is 8.23. The predicted octanol–water partition coefficient (Wildman–Crippen LogP) is 2.99. The molecule has 1 aromatic rings. The van der Waals surface area contributed by atoms with Crippen LogP contribution in [0.2, 0.25) is 5.02 Å². The third kappa shape index (κ3) is 2.58. The minimum absolute atomic E-state index is 0.147. The highest BCUT2D eigenvalue weighted by Crippen LogP contribution is 2.53. The zero-order chi connectivity index (χ0) is 12.7. The molecule has 1 aliphatic heterocycles. The standard InChI is InChI=1S/C12H17ClNO2P/c1-9-14-12(2,3)8-16-17(9,15)11-6-4-5-10(13)7-11/h4-7,9,14H,8H2,1-3H3/t9-,17+/m1/s1. The number of hydrogen-bond donors (Lipinski definition) is 1. The van der Waals surface area contributed by atoms with Gasteiger partial charge in [-0.25, -0.2) is 0 Å². The Bertz CT molecular complexity index is 475. The van der Waals surface area contributed by atoms with E-state index in [1.54, 1.807) is 18.2 Å². The van der Waals surface area contributed by atoms with E-state index in [1.807, 2.05) is 26.8 Å². The van der Waals surface area contributed by atoms with E-state index >= 15 is 0 Å². The van der Waals surface area contributed by atoms with Gasteiger partial charge < -0.3 is 4.52 Å². The van der Waals surface area contributed by atoms with Gasteiger partial charge in [0.25, 0.3) is 0 Å². The van der Waals surface area contributed by atoms with Crippen LogP contribution < -0.4 is 10.6 Å². The smallest absolute Gasteiger partial charge is 0.248 e. The molecule has 5 heteroatoms. The molecule has 3 nitrogen and oxygen atoms in total. The van der Waals surface area contributed by atoms with Crippen molar-refractivity contribution >= 4 is 24.3 Å². The van der Waals surface area contributed by atoms with E-state index in [9.17, 15) is 4.57 Å². The Balaban J connectivity index is 2.35. The predicted molar refractivity (Wildman–Crippen MR) is 71.3 cm³/mol. The largest absolute Gasteiger partial charge is 0.322 e. The van der Waals surface area contributed by atoms with Crippen molar-refractivity contribution < 1.29 is 9.09 Å². The number of benzene rings is 1. The molecule has 1 saturated heterocycles. The molecule has 2 atom stereocenters. The first kappa shape index (κ1) is 13.1. The van der Waals surface area contributed by atoms with Crippen molar-refractivity contribution in [1.29, 1.82) is 0 Å². The van der Waals surface area contributed by atoms with E-state index in [2.05, 4.69) is 5.32 Å². The van der Waals surface area contributed by atoms with Crippen LogP contribution >= 0.6 is 19.0 Å². The molecule has 0 unspecified atom stereocenters. The first-order valence-electron chi connectivity index (χ1n) is 5.62. The van der Waals surface area contributed by atoms with E-state index in [4.69, 9.17) is 16.1 Å². The van der Waals surface area contributed by atoms with Crippen LogP contribution in [0.15, 0.2) is 24.3 Å². The normalized spacial score (nSPS) is 32.4. The molecule has 1 N–H and O–H groups in total. The minimum Gasteiger partial charge on any atom is -0.322 e. The summed E-state index contributed by atoms with van der Waals surface area (Å²) in [6.07, 6.45) is 0. The lowest BCUT2D eigenvalue weighted by Crippen LogP contribution is -2.53. The fourth-order valence-corrected chi connectivity index (χ4v) is 4.76. The SMILES string of the molecule is C[C@@H]1NC(C)(C)CO[P@]1(=O)c1cccc(Cl)c1. The van der Waals surface area contributed by atoms with Crippen molar-refractivity contribution in [3.8, 4) is 0 Å². The molecular formula is C12H17ClNO2P. The average molecular weight is 274 g/mol. The molecule has 0 spiro atoms. The molecule has 1 aromatic carbocycles. The number of nitrogens with one attached hydrogen (secondary N) is 1. The monoisotopic (exact) mass is 273 g/mol. The zero-order valence-electron chi connectivity index (χ0n) is 10.2. The first-order chi connectivity index (χ1) is 7.83. The van der Waals surface area contributed by atoms with Crippen molar-refractivity contribution in [1.82, 2.24) is 5.32 Å². The topological polar surface area (TPSA) is 38.3 Å². The van der Waals surface area contributed by atoms with Crippen molar-refractivity contribution in [2.45, 2.75) is 32.1 Å². The Labute approximate surface area is 107 Å². The minimum atomic E-state index is -2.86. The summed E-state index contributed by atoms with van der Waals surface area (Å²) in [7, 11) is -2.86. The van der Waals surface area contributed by atoms with Gasteiger partial charge in [-0.1, -0.05) is 17.7 Å². The van der Waals surface area contributed by atoms with E-state index in [0.717, 1.165) is 0 Å². The molecule has 0 amide bonds. The fraction of sp³-hybridized carbons (Fsp3) is 0.500. The lowest BCUT2D eigenvalue weighted by Gasteiger charge is -2.40. The van der Waals surface area contributed by atoms with Crippen molar-refractivity contribution in [2.75, 3.05) is 6.61 Å². The molecule has 0 saturated carbocycles. The molecule has 1 aliphatic rings. The van der Waals surface area contributed by atoms with Gasteiger partial charge in [0.05, 0.1) is 12.4 Å². The van der Waals surface area contributed by atoms with Crippen LogP contribution in [0.5, 0.6) is 0 Å². The van der Waals surface area contributed by atoms with Crippen LogP contribution in [-0.4, -0.2) is 17.9 Å². The summed E-state index contributed by atoms with van der Waals surface area (Å²) in [5.41, 5.74) is -0.147. The molecule has 1 fully saturated rings. The summed E-state index contributed by atoms with van der Waals surface area (Å²) >= 11 is 5.93. The second-order valence-electron chi connectivity index (χ2n) is 5.05. The maximum atomic E-state index is 12.9. The Morgan fingerprint density at radius 1 is 1.53 bits per heavy atom. The summed E-state index contributed by atoms with van der Waals surface area (Å²) < 4.78 is 18.5. The summed E-state index contributed by atoms with van der Waals surface area (Å²) in [5, 5.41) is 4.60. The zero-order valence-corrected chi connectivity index (χ0v) is 11.9. The maximum absolute atomic E-state index is 12.9. The number of rotatable bonds is 1. The van der Waals surface area contributed by atoms with Gasteiger partial charge in [-0.2, -0.15) is 0 Å². The maximum Gasteiger partial charge on any atom is 0.248 e. The van der Waals surface area contributed by atoms with E-state index < -0.39 is 7.37 Å². The van der Waals surface area contributed by atoms with E-state index in [-0.39, 0.29) is 11.3 Å². The van der Waals surface area contributed by atoms with Gasteiger partial charge in [0.2, 0.25) is 7.37 Å². The molecular weight excluding hydrogens is 257 g/mol. The highest BCUT2D eigenvalue weighted by molar-refractivity contribution is 7.67. The van der Waals surface area contributed by atoms with Crippen molar-refractivity contribution in [2.24, 2.45) is 0 Å². The average Bonchev–Trinajstić information content (AvgIpc) is 2.24. The van der Waals surface area contributed by atoms with Crippen LogP contribution in [0.3, 0.4) is 0 Å². The molecule has 2 rings (SSSR count). The summed E-state index contributed by atoms with van der Waals surface area (Å²) in [6, 6.07) is 7.10. The third-order valence-corrected chi connectivity index (χ3v) is 5.79. The molecule has 0 radical (unpaired) electrons. The number of hydrogen-bond acceptors (Lipinski definition) is 3. The Morgan fingerprint density at radius 3 is 2.82 bits per heavy atom. The van der Waals surface area contributed by atoms with E-state index in [1.165, 1.54) is 0 Å². The third-order valence-electron chi connectivity index (χ3n) is 2.89. The summed E-state index contributed by atoms with van der Waals surface area (Å²) in [4.78, 5) is 0. The van der Waals surface area contributed by atoms with Crippen molar-refractivity contribution in [3.05, 3.63) is 29.3 Å². The molecule has 1 heterocycles. The van der Waals surface area contributed by atoms with Crippen LogP contribution in [0.4, 0.5) is 0 Å². The summed E-state index contributed by atoms with van der Waals surface area (Å²) in [5.74, 6) is -0.204. The lowest BCUT2D eigenvalue weighted by atomic mass is 10.1. The van der Waals surface area contributed by atoms with Crippen molar-refractivity contribution in [3.63, 3.8) is 0 Å². The highest BCUT2D eigenvalue weighted by Gasteiger charge is 2.42. The molecule has 17 heavy (non-hydrogen) atoms. The lowest BCUT2D eigenvalue weighted by molar-refractivity contribution is 0.174. The summed E-state index contributed by atoms with van der Waals surface area (Å²) in [6.45, 7) is 6.39. The molecule has 0 bridgehead atoms. The van der Waals surface area contributed by atoms with Crippen LogP contribution in [-0.2, 0) is 9.09 Å². The van der Waals surface area contributed by atoms with Gasteiger partial charge in [-0.3, -0.25) is 9.88 Å². The van der Waals surface area contributed by atoms with Gasteiger partial charge in [0.1, 0.15) is 0 Å². The van der Waals surface area contributed by atoms with Crippen LogP contribution in [0.1, 0.15) is 20.8 Å². The van der Waals surface area contributed by atoms with Gasteiger partial charge in [0, 0.05) is 15.9 Å². The fourth-order valence-electron chi connectivity index (χ4n) is 2.03. The van der Waals surface area contributed by atoms with Crippen LogP contribution in [0.25, 0.3) is 0 Å². The Morgan fingerprint density at radius 2 is 2.24 bits per heavy atom. The Kier molecular flexibility index (Phi) is 3.39. The molecule has 0 aromatic heterocycles. The Hall–Kier alpha value is -0.340. The molecule has 94 valence electrons. The van der Waals surface area contributed by atoms with Gasteiger partial charge in [-0.15, -0.1) is 0 Å². The van der Waals surface area contributed by atoms with Gasteiger partial charge >= 0.3 is 0 Å². The molecule has 0 aliphatic carbocycles.